The van der Waals surface area contributed by atoms with Crippen LogP contribution in [0.1, 0.15) is 59.8 Å². The fraction of sp³-hybridized carbons (Fsp3) is 0.933. The molecule has 1 aliphatic carbocycles. The number of hydrogen-bond donors (Lipinski definition) is 1. The van der Waals surface area contributed by atoms with E-state index in [2.05, 4.69) is 37.9 Å². The van der Waals surface area contributed by atoms with Gasteiger partial charge in [0.2, 0.25) is 5.91 Å². The van der Waals surface area contributed by atoms with Crippen molar-refractivity contribution in [1.29, 1.82) is 0 Å². The van der Waals surface area contributed by atoms with Crippen LogP contribution in [0.5, 0.6) is 0 Å². The molecule has 0 aromatic heterocycles. The fourth-order valence-corrected chi connectivity index (χ4v) is 3.59. The van der Waals surface area contributed by atoms with Crippen molar-refractivity contribution in [3.63, 3.8) is 0 Å². The molecule has 2 rings (SSSR count). The molecule has 3 nitrogen and oxygen atoms in total. The molecule has 18 heavy (non-hydrogen) atoms. The van der Waals surface area contributed by atoms with Crippen LogP contribution in [0.25, 0.3) is 0 Å². The molecule has 1 saturated carbocycles. The van der Waals surface area contributed by atoms with Gasteiger partial charge >= 0.3 is 0 Å². The molecular formula is C15H28N2O. The molecule has 0 aromatic rings. The number of nitrogens with zero attached hydrogens (tertiary/aromatic N) is 1. The molecule has 2 aliphatic rings. The Morgan fingerprint density at radius 3 is 2.61 bits per heavy atom. The van der Waals surface area contributed by atoms with Crippen molar-refractivity contribution >= 4 is 5.91 Å². The number of carbonyl (C=O) groups excluding carboxylic acids is 1. The van der Waals surface area contributed by atoms with E-state index in [1.807, 2.05) is 0 Å². The third-order valence-electron chi connectivity index (χ3n) is 4.61. The van der Waals surface area contributed by atoms with Gasteiger partial charge in [0.15, 0.2) is 0 Å². The summed E-state index contributed by atoms with van der Waals surface area (Å²) >= 11 is 0. The Morgan fingerprint density at radius 2 is 2.11 bits per heavy atom. The van der Waals surface area contributed by atoms with Gasteiger partial charge in [0.05, 0.1) is 12.2 Å². The van der Waals surface area contributed by atoms with E-state index in [0.717, 1.165) is 12.8 Å². The molecule has 0 spiro atoms. The smallest absolute Gasteiger partial charge is 0.241 e. The van der Waals surface area contributed by atoms with Crippen molar-refractivity contribution in [2.75, 3.05) is 0 Å². The van der Waals surface area contributed by atoms with Crippen molar-refractivity contribution in [3.05, 3.63) is 0 Å². The molecule has 0 bridgehead atoms. The summed E-state index contributed by atoms with van der Waals surface area (Å²) in [5.74, 6) is 1.51. The third-order valence-corrected chi connectivity index (χ3v) is 4.61. The monoisotopic (exact) mass is 252 g/mol. The van der Waals surface area contributed by atoms with Crippen LogP contribution in [0, 0.1) is 11.8 Å². The molecule has 4 atom stereocenters. The van der Waals surface area contributed by atoms with Crippen molar-refractivity contribution in [3.8, 4) is 0 Å². The van der Waals surface area contributed by atoms with Gasteiger partial charge in [0.1, 0.15) is 0 Å². The van der Waals surface area contributed by atoms with E-state index in [4.69, 9.17) is 0 Å². The molecule has 1 aliphatic heterocycles. The van der Waals surface area contributed by atoms with Crippen LogP contribution in [-0.2, 0) is 4.79 Å². The summed E-state index contributed by atoms with van der Waals surface area (Å²) in [6.45, 7) is 8.88. The lowest BCUT2D eigenvalue weighted by Gasteiger charge is -2.34. The van der Waals surface area contributed by atoms with Crippen molar-refractivity contribution in [1.82, 2.24) is 10.2 Å². The van der Waals surface area contributed by atoms with Gasteiger partial charge < -0.3 is 4.90 Å². The topological polar surface area (TPSA) is 32.3 Å². The summed E-state index contributed by atoms with van der Waals surface area (Å²) < 4.78 is 0. The van der Waals surface area contributed by atoms with Crippen LogP contribution in [0.3, 0.4) is 0 Å². The van der Waals surface area contributed by atoms with E-state index in [1.165, 1.54) is 19.3 Å². The van der Waals surface area contributed by atoms with Crippen LogP contribution in [0.2, 0.25) is 0 Å². The first-order chi connectivity index (χ1) is 8.56. The predicted molar refractivity (Wildman–Crippen MR) is 74.1 cm³/mol. The first-order valence-corrected chi connectivity index (χ1v) is 7.64. The second-order valence-corrected chi connectivity index (χ2v) is 6.42. The van der Waals surface area contributed by atoms with Crippen LogP contribution in [0.15, 0.2) is 0 Å². The summed E-state index contributed by atoms with van der Waals surface area (Å²) in [5.41, 5.74) is 0. The molecule has 2 fully saturated rings. The Morgan fingerprint density at radius 1 is 1.39 bits per heavy atom. The van der Waals surface area contributed by atoms with Gasteiger partial charge in [-0.05, 0) is 31.1 Å². The number of carbonyl (C=O) groups is 1. The van der Waals surface area contributed by atoms with Gasteiger partial charge in [-0.2, -0.15) is 0 Å². The lowest BCUT2D eigenvalue weighted by Crippen LogP contribution is -2.48. The number of nitrogens with one attached hydrogen (secondary N) is 1. The standard InChI is InChI=1S/C15H28N2O/c1-5-7-12-15(18)17(14(16-12)10(2)3)13-9-6-8-11(13)4/h10-14,16H,5-9H2,1-4H3. The van der Waals surface area contributed by atoms with Gasteiger partial charge in [-0.3, -0.25) is 10.1 Å². The summed E-state index contributed by atoms with van der Waals surface area (Å²) in [7, 11) is 0. The number of rotatable bonds is 4. The maximum Gasteiger partial charge on any atom is 0.241 e. The molecular weight excluding hydrogens is 224 g/mol. The highest BCUT2D eigenvalue weighted by Crippen LogP contribution is 2.34. The zero-order chi connectivity index (χ0) is 13.3. The molecule has 1 amide bonds. The predicted octanol–water partition coefficient (Wildman–Crippen LogP) is 2.76. The van der Waals surface area contributed by atoms with E-state index >= 15 is 0 Å². The molecule has 1 heterocycles. The van der Waals surface area contributed by atoms with Crippen LogP contribution < -0.4 is 5.32 Å². The highest BCUT2D eigenvalue weighted by molar-refractivity contribution is 5.84. The quantitative estimate of drug-likeness (QED) is 0.834. The van der Waals surface area contributed by atoms with E-state index in [0.29, 0.717) is 23.8 Å². The van der Waals surface area contributed by atoms with E-state index in [-0.39, 0.29) is 12.2 Å². The van der Waals surface area contributed by atoms with Crippen molar-refractivity contribution < 1.29 is 4.79 Å². The molecule has 0 aromatic carbocycles. The minimum Gasteiger partial charge on any atom is -0.322 e. The summed E-state index contributed by atoms with van der Waals surface area (Å²) in [5, 5.41) is 3.56. The zero-order valence-corrected chi connectivity index (χ0v) is 12.3. The molecule has 3 heteroatoms. The minimum atomic E-state index is 0.0650. The Hall–Kier alpha value is -0.570. The Kier molecular flexibility index (Phi) is 4.31. The van der Waals surface area contributed by atoms with Gasteiger partial charge in [0.25, 0.3) is 0 Å². The summed E-state index contributed by atoms with van der Waals surface area (Å²) in [6.07, 6.45) is 6.04. The Labute approximate surface area is 111 Å². The normalized spacial score (nSPS) is 36.9. The lowest BCUT2D eigenvalue weighted by atomic mass is 10.0. The second-order valence-electron chi connectivity index (χ2n) is 6.42. The SMILES string of the molecule is CCCC1NC(C(C)C)N(C2CCCC2C)C1=O. The molecule has 0 radical (unpaired) electrons. The second kappa shape index (κ2) is 5.60. The lowest BCUT2D eigenvalue weighted by molar-refractivity contribution is -0.133. The summed E-state index contributed by atoms with van der Waals surface area (Å²) in [4.78, 5) is 14.8. The van der Waals surface area contributed by atoms with Crippen LogP contribution in [0.4, 0.5) is 0 Å². The van der Waals surface area contributed by atoms with Gasteiger partial charge in [-0.1, -0.05) is 40.5 Å². The average molecular weight is 252 g/mol. The number of hydrogen-bond acceptors (Lipinski definition) is 2. The highest BCUT2D eigenvalue weighted by Gasteiger charge is 2.45. The Bertz CT molecular complexity index is 303. The molecule has 1 saturated heterocycles. The number of amides is 1. The first kappa shape index (κ1) is 13.9. The van der Waals surface area contributed by atoms with Crippen LogP contribution >= 0.6 is 0 Å². The van der Waals surface area contributed by atoms with E-state index in [1.54, 1.807) is 0 Å². The molecule has 1 N–H and O–H groups in total. The van der Waals surface area contributed by atoms with Crippen molar-refractivity contribution in [2.45, 2.75) is 78.0 Å². The molecule has 4 unspecified atom stereocenters. The largest absolute Gasteiger partial charge is 0.322 e. The minimum absolute atomic E-state index is 0.0650. The summed E-state index contributed by atoms with van der Waals surface area (Å²) in [6, 6.07) is 0.537. The average Bonchev–Trinajstić information content (AvgIpc) is 2.85. The van der Waals surface area contributed by atoms with Crippen LogP contribution in [-0.4, -0.2) is 29.1 Å². The maximum absolute atomic E-state index is 12.6. The first-order valence-electron chi connectivity index (χ1n) is 7.64. The van der Waals surface area contributed by atoms with E-state index in [9.17, 15) is 4.79 Å². The fourth-order valence-electron chi connectivity index (χ4n) is 3.59. The van der Waals surface area contributed by atoms with E-state index < -0.39 is 0 Å². The maximum atomic E-state index is 12.6. The Balaban J connectivity index is 2.16. The molecule has 104 valence electrons. The van der Waals surface area contributed by atoms with Gasteiger partial charge in [-0.25, -0.2) is 0 Å². The zero-order valence-electron chi connectivity index (χ0n) is 12.3. The third kappa shape index (κ3) is 2.42. The van der Waals surface area contributed by atoms with Gasteiger partial charge in [0, 0.05) is 6.04 Å². The van der Waals surface area contributed by atoms with Crippen molar-refractivity contribution in [2.24, 2.45) is 11.8 Å². The highest BCUT2D eigenvalue weighted by atomic mass is 16.2. The van der Waals surface area contributed by atoms with Gasteiger partial charge in [-0.15, -0.1) is 0 Å².